The number of hydrogen-bond donors (Lipinski definition) is 0. The zero-order chi connectivity index (χ0) is 14.4. The van der Waals surface area contributed by atoms with Crippen molar-refractivity contribution in [2.45, 2.75) is 20.8 Å². The molecule has 3 rings (SSSR count). The summed E-state index contributed by atoms with van der Waals surface area (Å²) in [6.07, 6.45) is 0. The number of fused-ring (bicyclic) bond motifs is 1. The zero-order valence-electron chi connectivity index (χ0n) is 11.7. The number of anilines is 1. The lowest BCUT2D eigenvalue weighted by molar-refractivity contribution is 0.0926. The van der Waals surface area contributed by atoms with E-state index in [1.165, 1.54) is 4.90 Å². The Hall–Kier alpha value is -2.42. The van der Waals surface area contributed by atoms with Crippen LogP contribution in [0.5, 0.6) is 0 Å². The first-order valence-electron chi connectivity index (χ1n) is 6.56. The molecule has 0 N–H and O–H groups in total. The summed E-state index contributed by atoms with van der Waals surface area (Å²) in [6.45, 7) is 5.67. The lowest BCUT2D eigenvalue weighted by Gasteiger charge is -2.14. The van der Waals surface area contributed by atoms with Gasteiger partial charge in [-0.05, 0) is 49.6 Å². The summed E-state index contributed by atoms with van der Waals surface area (Å²) in [7, 11) is 0. The molecule has 3 nitrogen and oxygen atoms in total. The Morgan fingerprint density at radius 1 is 0.800 bits per heavy atom. The van der Waals surface area contributed by atoms with Crippen LogP contribution in [0.3, 0.4) is 0 Å². The molecule has 0 atom stereocenters. The van der Waals surface area contributed by atoms with Gasteiger partial charge in [-0.15, -0.1) is 0 Å². The fourth-order valence-corrected chi connectivity index (χ4v) is 2.68. The molecule has 0 radical (unpaired) electrons. The third kappa shape index (κ3) is 1.67. The topological polar surface area (TPSA) is 37.4 Å². The number of benzene rings is 2. The maximum atomic E-state index is 12.6. The molecule has 3 heteroatoms. The molecule has 2 aromatic carbocycles. The van der Waals surface area contributed by atoms with Gasteiger partial charge in [-0.1, -0.05) is 24.3 Å². The van der Waals surface area contributed by atoms with Gasteiger partial charge < -0.3 is 0 Å². The third-order valence-electron chi connectivity index (χ3n) is 3.72. The van der Waals surface area contributed by atoms with Crippen molar-refractivity contribution in [1.82, 2.24) is 0 Å². The van der Waals surface area contributed by atoms with E-state index in [-0.39, 0.29) is 11.8 Å². The van der Waals surface area contributed by atoms with E-state index in [1.54, 1.807) is 6.07 Å². The molecular formula is C17H15NO2. The highest BCUT2D eigenvalue weighted by molar-refractivity contribution is 6.35. The molecule has 100 valence electrons. The van der Waals surface area contributed by atoms with Gasteiger partial charge in [0.25, 0.3) is 11.8 Å². The lowest BCUT2D eigenvalue weighted by Crippen LogP contribution is -2.29. The molecule has 2 amide bonds. The van der Waals surface area contributed by atoms with Crippen LogP contribution < -0.4 is 4.90 Å². The number of carbonyl (C=O) groups excluding carboxylic acids is 2. The molecule has 20 heavy (non-hydrogen) atoms. The number of imide groups is 1. The van der Waals surface area contributed by atoms with E-state index >= 15 is 0 Å². The van der Waals surface area contributed by atoms with Crippen LogP contribution in [-0.4, -0.2) is 11.8 Å². The Kier molecular flexibility index (Phi) is 2.71. The second kappa shape index (κ2) is 4.30. The van der Waals surface area contributed by atoms with E-state index in [0.29, 0.717) is 16.8 Å². The second-order valence-corrected chi connectivity index (χ2v) is 5.23. The Bertz CT molecular complexity index is 706. The molecule has 0 bridgehead atoms. The predicted octanol–water partition coefficient (Wildman–Crippen LogP) is 3.41. The lowest BCUT2D eigenvalue weighted by atomic mass is 9.99. The first-order valence-corrected chi connectivity index (χ1v) is 6.56. The Morgan fingerprint density at radius 2 is 1.35 bits per heavy atom. The van der Waals surface area contributed by atoms with Crippen LogP contribution in [0.15, 0.2) is 36.4 Å². The van der Waals surface area contributed by atoms with Gasteiger partial charge in [0, 0.05) is 0 Å². The van der Waals surface area contributed by atoms with E-state index in [9.17, 15) is 9.59 Å². The summed E-state index contributed by atoms with van der Waals surface area (Å²) in [6, 6.07) is 11.2. The van der Waals surface area contributed by atoms with Gasteiger partial charge in [-0.2, -0.15) is 0 Å². The van der Waals surface area contributed by atoms with Gasteiger partial charge in [-0.3, -0.25) is 9.59 Å². The van der Waals surface area contributed by atoms with E-state index in [2.05, 4.69) is 0 Å². The molecule has 0 saturated carbocycles. The molecule has 1 aliphatic rings. The molecule has 2 aromatic rings. The summed E-state index contributed by atoms with van der Waals surface area (Å²) in [5, 5.41) is 0. The molecule has 0 aliphatic carbocycles. The van der Waals surface area contributed by atoms with Gasteiger partial charge in [0.05, 0.1) is 16.8 Å². The first kappa shape index (κ1) is 12.6. The minimum Gasteiger partial charge on any atom is -0.268 e. The van der Waals surface area contributed by atoms with Crippen LogP contribution in [0.4, 0.5) is 5.69 Å². The number of amides is 2. The van der Waals surface area contributed by atoms with Crippen molar-refractivity contribution >= 4 is 17.5 Å². The predicted molar refractivity (Wildman–Crippen MR) is 78.2 cm³/mol. The SMILES string of the molecule is Cc1cccc(N2C(=O)c3c(C)ccc(C)c3C2=O)c1. The van der Waals surface area contributed by atoms with Crippen LogP contribution in [0.1, 0.15) is 37.4 Å². The zero-order valence-corrected chi connectivity index (χ0v) is 11.7. The van der Waals surface area contributed by atoms with Crippen molar-refractivity contribution in [3.63, 3.8) is 0 Å². The number of carbonyl (C=O) groups is 2. The minimum absolute atomic E-state index is 0.225. The normalized spacial score (nSPS) is 13.8. The molecule has 0 aromatic heterocycles. The maximum Gasteiger partial charge on any atom is 0.266 e. The van der Waals surface area contributed by atoms with Gasteiger partial charge in [0.15, 0.2) is 0 Å². The van der Waals surface area contributed by atoms with Crippen LogP contribution in [-0.2, 0) is 0 Å². The van der Waals surface area contributed by atoms with Crippen molar-refractivity contribution < 1.29 is 9.59 Å². The molecular weight excluding hydrogens is 250 g/mol. The largest absolute Gasteiger partial charge is 0.268 e. The highest BCUT2D eigenvalue weighted by atomic mass is 16.2. The number of aryl methyl sites for hydroxylation is 3. The van der Waals surface area contributed by atoms with E-state index < -0.39 is 0 Å². The Balaban J connectivity index is 2.20. The van der Waals surface area contributed by atoms with E-state index in [1.807, 2.05) is 51.1 Å². The number of hydrogen-bond acceptors (Lipinski definition) is 2. The van der Waals surface area contributed by atoms with E-state index in [0.717, 1.165) is 16.7 Å². The monoisotopic (exact) mass is 265 g/mol. The Morgan fingerprint density at radius 3 is 1.85 bits per heavy atom. The average molecular weight is 265 g/mol. The van der Waals surface area contributed by atoms with Gasteiger partial charge in [-0.25, -0.2) is 4.90 Å². The summed E-state index contributed by atoms with van der Waals surface area (Å²) in [5.74, 6) is -0.450. The fourth-order valence-electron chi connectivity index (χ4n) is 2.68. The maximum absolute atomic E-state index is 12.6. The van der Waals surface area contributed by atoms with Gasteiger partial charge in [0.2, 0.25) is 0 Å². The van der Waals surface area contributed by atoms with E-state index in [4.69, 9.17) is 0 Å². The van der Waals surface area contributed by atoms with Gasteiger partial charge >= 0.3 is 0 Å². The molecule has 1 heterocycles. The van der Waals surface area contributed by atoms with Gasteiger partial charge in [0.1, 0.15) is 0 Å². The summed E-state index contributed by atoms with van der Waals surface area (Å²) < 4.78 is 0. The van der Waals surface area contributed by atoms with Crippen LogP contribution in [0.2, 0.25) is 0 Å². The quantitative estimate of drug-likeness (QED) is 0.741. The molecule has 0 fully saturated rings. The minimum atomic E-state index is -0.225. The summed E-state index contributed by atoms with van der Waals surface area (Å²) >= 11 is 0. The number of rotatable bonds is 1. The smallest absolute Gasteiger partial charge is 0.266 e. The average Bonchev–Trinajstić information content (AvgIpc) is 2.67. The standard InChI is InChI=1S/C17H15NO2/c1-10-5-4-6-13(9-10)18-16(19)14-11(2)7-8-12(3)15(14)17(18)20/h4-9H,1-3H3. The summed E-state index contributed by atoms with van der Waals surface area (Å²) in [4.78, 5) is 26.5. The molecule has 0 spiro atoms. The fraction of sp³-hybridized carbons (Fsp3) is 0.176. The Labute approximate surface area is 117 Å². The molecule has 0 unspecified atom stereocenters. The second-order valence-electron chi connectivity index (χ2n) is 5.23. The number of nitrogens with zero attached hydrogens (tertiary/aromatic N) is 1. The van der Waals surface area contributed by atoms with Crippen LogP contribution in [0, 0.1) is 20.8 Å². The van der Waals surface area contributed by atoms with Crippen molar-refractivity contribution in [1.29, 1.82) is 0 Å². The van der Waals surface area contributed by atoms with Crippen LogP contribution in [0.25, 0.3) is 0 Å². The summed E-state index contributed by atoms with van der Waals surface area (Å²) in [5.41, 5.74) is 4.42. The third-order valence-corrected chi connectivity index (χ3v) is 3.72. The van der Waals surface area contributed by atoms with Crippen molar-refractivity contribution in [2.75, 3.05) is 4.90 Å². The highest BCUT2D eigenvalue weighted by Gasteiger charge is 2.38. The van der Waals surface area contributed by atoms with Crippen LogP contribution >= 0.6 is 0 Å². The van der Waals surface area contributed by atoms with Crippen molar-refractivity contribution in [3.8, 4) is 0 Å². The first-order chi connectivity index (χ1) is 9.50. The van der Waals surface area contributed by atoms with Crippen molar-refractivity contribution in [2.24, 2.45) is 0 Å². The molecule has 1 aliphatic heterocycles. The van der Waals surface area contributed by atoms with Crippen molar-refractivity contribution in [3.05, 3.63) is 64.2 Å². The highest BCUT2D eigenvalue weighted by Crippen LogP contribution is 2.32. The molecule has 0 saturated heterocycles.